The molecule has 2 rings (SSSR count). The van der Waals surface area contributed by atoms with Gasteiger partial charge in [0.15, 0.2) is 10.8 Å². The zero-order chi connectivity index (χ0) is 14.9. The molecule has 0 aromatic carbocycles. The minimum Gasteiger partial charge on any atom is -0.348 e. The van der Waals surface area contributed by atoms with Gasteiger partial charge in [-0.25, -0.2) is 0 Å². The van der Waals surface area contributed by atoms with Crippen molar-refractivity contribution in [2.75, 3.05) is 31.6 Å². The van der Waals surface area contributed by atoms with Crippen LogP contribution in [-0.2, 0) is 4.79 Å². The van der Waals surface area contributed by atoms with Gasteiger partial charge < -0.3 is 9.80 Å². The largest absolute Gasteiger partial charge is 0.348 e. The van der Waals surface area contributed by atoms with Crippen molar-refractivity contribution in [2.24, 2.45) is 0 Å². The molecule has 0 spiro atoms. The smallest absolute Gasteiger partial charge is 0.304 e. The minimum atomic E-state index is -0.503. The van der Waals surface area contributed by atoms with Crippen LogP contribution in [0.3, 0.4) is 0 Å². The molecule has 0 unspecified atom stereocenters. The van der Waals surface area contributed by atoms with E-state index in [0.717, 1.165) is 17.8 Å². The van der Waals surface area contributed by atoms with E-state index in [1.807, 2.05) is 0 Å². The Morgan fingerprint density at radius 3 is 2.75 bits per heavy atom. The van der Waals surface area contributed by atoms with E-state index in [9.17, 15) is 19.7 Å². The average molecular weight is 297 g/mol. The second-order valence-corrected chi connectivity index (χ2v) is 5.74. The van der Waals surface area contributed by atoms with E-state index in [1.165, 1.54) is 13.0 Å². The number of amides is 1. The van der Waals surface area contributed by atoms with Gasteiger partial charge in [-0.15, -0.1) is 11.3 Å². The lowest BCUT2D eigenvalue weighted by molar-refractivity contribution is -0.383. The Labute approximate surface area is 119 Å². The summed E-state index contributed by atoms with van der Waals surface area (Å²) in [6, 6.07) is 1.29. The van der Waals surface area contributed by atoms with Crippen LogP contribution < -0.4 is 4.90 Å². The SMILES string of the molecule is CC(=O)c1cc([N+](=O)[O-])c(N2CCCN(C)C(=O)C2)s1. The lowest BCUT2D eigenvalue weighted by Gasteiger charge is -2.19. The molecule has 1 fully saturated rings. The van der Waals surface area contributed by atoms with Crippen molar-refractivity contribution in [3.05, 3.63) is 21.1 Å². The van der Waals surface area contributed by atoms with E-state index in [1.54, 1.807) is 16.8 Å². The molecule has 1 amide bonds. The lowest BCUT2D eigenvalue weighted by atomic mass is 10.3. The van der Waals surface area contributed by atoms with Crippen LogP contribution in [0, 0.1) is 10.1 Å². The number of nitro groups is 1. The summed E-state index contributed by atoms with van der Waals surface area (Å²) in [6.45, 7) is 2.68. The van der Waals surface area contributed by atoms with E-state index in [0.29, 0.717) is 23.0 Å². The van der Waals surface area contributed by atoms with Crippen LogP contribution in [0.15, 0.2) is 6.07 Å². The molecule has 0 saturated carbocycles. The van der Waals surface area contributed by atoms with Crippen molar-refractivity contribution >= 4 is 33.7 Å². The van der Waals surface area contributed by atoms with E-state index in [4.69, 9.17) is 0 Å². The molecule has 108 valence electrons. The van der Waals surface area contributed by atoms with Gasteiger partial charge in [0.2, 0.25) is 5.91 Å². The molecule has 1 aliphatic rings. The highest BCUT2D eigenvalue weighted by Gasteiger charge is 2.28. The lowest BCUT2D eigenvalue weighted by Crippen LogP contribution is -2.34. The van der Waals surface area contributed by atoms with Gasteiger partial charge in [-0.3, -0.25) is 19.7 Å². The predicted molar refractivity (Wildman–Crippen MR) is 75.4 cm³/mol. The Morgan fingerprint density at radius 1 is 1.45 bits per heavy atom. The highest BCUT2D eigenvalue weighted by atomic mass is 32.1. The molecule has 0 atom stereocenters. The molecule has 1 aliphatic heterocycles. The number of likely N-dealkylation sites (N-methyl/N-ethyl adjacent to an activating group) is 1. The zero-order valence-corrected chi connectivity index (χ0v) is 12.1. The van der Waals surface area contributed by atoms with Crippen LogP contribution in [0.1, 0.15) is 23.0 Å². The van der Waals surface area contributed by atoms with Gasteiger partial charge >= 0.3 is 5.69 Å². The molecule has 2 heterocycles. The van der Waals surface area contributed by atoms with Crippen LogP contribution >= 0.6 is 11.3 Å². The number of hydrogen-bond donors (Lipinski definition) is 0. The average Bonchev–Trinajstić information content (AvgIpc) is 2.75. The number of nitrogens with zero attached hydrogens (tertiary/aromatic N) is 3. The highest BCUT2D eigenvalue weighted by Crippen LogP contribution is 2.38. The summed E-state index contributed by atoms with van der Waals surface area (Å²) in [4.78, 5) is 37.5. The maximum absolute atomic E-state index is 11.9. The Bertz CT molecular complexity index is 569. The Morgan fingerprint density at radius 2 is 2.15 bits per heavy atom. The number of hydrogen-bond acceptors (Lipinski definition) is 6. The molecule has 0 radical (unpaired) electrons. The van der Waals surface area contributed by atoms with Crippen molar-refractivity contribution in [3.63, 3.8) is 0 Å². The first kappa shape index (κ1) is 14.4. The van der Waals surface area contributed by atoms with Gasteiger partial charge in [0.25, 0.3) is 0 Å². The molecular weight excluding hydrogens is 282 g/mol. The van der Waals surface area contributed by atoms with Gasteiger partial charge in [-0.05, 0) is 13.3 Å². The van der Waals surface area contributed by atoms with Gasteiger partial charge in [-0.1, -0.05) is 0 Å². The summed E-state index contributed by atoms with van der Waals surface area (Å²) >= 11 is 1.08. The van der Waals surface area contributed by atoms with Crippen molar-refractivity contribution in [2.45, 2.75) is 13.3 Å². The summed E-state index contributed by atoms with van der Waals surface area (Å²) in [5.41, 5.74) is -0.0995. The second-order valence-electron chi connectivity index (χ2n) is 4.70. The second kappa shape index (κ2) is 5.58. The molecule has 0 aliphatic carbocycles. The normalized spacial score (nSPS) is 16.2. The fourth-order valence-electron chi connectivity index (χ4n) is 2.06. The molecular formula is C12H15N3O4S. The van der Waals surface area contributed by atoms with Crippen LogP contribution in [0.25, 0.3) is 0 Å². The third-order valence-electron chi connectivity index (χ3n) is 3.20. The predicted octanol–water partition coefficient (Wildman–Crippen LogP) is 1.53. The fourth-order valence-corrected chi connectivity index (χ4v) is 3.11. The van der Waals surface area contributed by atoms with Gasteiger partial charge in [0, 0.05) is 26.2 Å². The topological polar surface area (TPSA) is 83.8 Å². The first-order valence-corrected chi connectivity index (χ1v) is 7.00. The highest BCUT2D eigenvalue weighted by molar-refractivity contribution is 7.18. The standard InChI is InChI=1S/C12H15N3O4S/c1-8(16)10-6-9(15(18)19)12(20-10)14-5-3-4-13(2)11(17)7-14/h6H,3-5,7H2,1-2H3. The molecule has 1 aromatic heterocycles. The fraction of sp³-hybridized carbons (Fsp3) is 0.500. The van der Waals surface area contributed by atoms with E-state index < -0.39 is 4.92 Å². The van der Waals surface area contributed by atoms with E-state index in [-0.39, 0.29) is 23.9 Å². The summed E-state index contributed by atoms with van der Waals surface area (Å²) in [5.74, 6) is -0.280. The summed E-state index contributed by atoms with van der Waals surface area (Å²) < 4.78 is 0. The van der Waals surface area contributed by atoms with Gasteiger partial charge in [0.05, 0.1) is 16.3 Å². The summed E-state index contributed by atoms with van der Waals surface area (Å²) in [7, 11) is 1.72. The molecule has 8 heteroatoms. The van der Waals surface area contributed by atoms with Crippen LogP contribution in [0.2, 0.25) is 0 Å². The van der Waals surface area contributed by atoms with E-state index in [2.05, 4.69) is 0 Å². The number of Topliss-reactive ketones (excluding diaryl/α,β-unsaturated/α-hetero) is 1. The van der Waals surface area contributed by atoms with Gasteiger partial charge in [0.1, 0.15) is 0 Å². The monoisotopic (exact) mass is 297 g/mol. The maximum Gasteiger partial charge on any atom is 0.304 e. The number of thiophene rings is 1. The van der Waals surface area contributed by atoms with Crippen LogP contribution in [-0.4, -0.2) is 48.2 Å². The summed E-state index contributed by atoms with van der Waals surface area (Å²) in [6.07, 6.45) is 0.743. The minimum absolute atomic E-state index is 0.0745. The van der Waals surface area contributed by atoms with Crippen molar-refractivity contribution in [1.29, 1.82) is 0 Å². The molecule has 0 bridgehead atoms. The van der Waals surface area contributed by atoms with Crippen molar-refractivity contribution in [3.8, 4) is 0 Å². The first-order valence-electron chi connectivity index (χ1n) is 6.18. The summed E-state index contributed by atoms with van der Waals surface area (Å²) in [5, 5.41) is 11.5. The van der Waals surface area contributed by atoms with Gasteiger partial charge in [-0.2, -0.15) is 0 Å². The molecule has 1 saturated heterocycles. The maximum atomic E-state index is 11.9. The third-order valence-corrected chi connectivity index (χ3v) is 4.48. The number of anilines is 1. The number of carbonyl (C=O) groups is 2. The Kier molecular flexibility index (Phi) is 4.03. The number of rotatable bonds is 3. The van der Waals surface area contributed by atoms with Crippen LogP contribution in [0.4, 0.5) is 10.7 Å². The molecule has 0 N–H and O–H groups in total. The van der Waals surface area contributed by atoms with E-state index >= 15 is 0 Å². The van der Waals surface area contributed by atoms with Crippen molar-refractivity contribution < 1.29 is 14.5 Å². The molecule has 7 nitrogen and oxygen atoms in total. The Balaban J connectivity index is 2.37. The third kappa shape index (κ3) is 2.79. The number of carbonyl (C=O) groups excluding carboxylic acids is 2. The Hall–Kier alpha value is -1.96. The molecule has 1 aromatic rings. The van der Waals surface area contributed by atoms with Crippen molar-refractivity contribution in [1.82, 2.24) is 4.90 Å². The molecule has 20 heavy (non-hydrogen) atoms. The number of ketones is 1. The quantitative estimate of drug-likeness (QED) is 0.480. The van der Waals surface area contributed by atoms with Crippen LogP contribution in [0.5, 0.6) is 0 Å². The first-order chi connectivity index (χ1) is 9.40. The zero-order valence-electron chi connectivity index (χ0n) is 11.3.